The minimum Gasteiger partial charge on any atom is -0.471 e. The first kappa shape index (κ1) is 11.8. The van der Waals surface area contributed by atoms with Gasteiger partial charge in [0, 0.05) is 5.69 Å². The second-order valence-electron chi connectivity index (χ2n) is 3.97. The number of nitriles is 1. The van der Waals surface area contributed by atoms with Gasteiger partial charge in [-0.1, -0.05) is 0 Å². The Bertz CT molecular complexity index is 455. The molecule has 0 N–H and O–H groups in total. The fourth-order valence-electron chi connectivity index (χ4n) is 1.95. The monoisotopic (exact) mass is 238 g/mol. The van der Waals surface area contributed by atoms with Crippen LogP contribution in [0.3, 0.4) is 0 Å². The fraction of sp³-hybridized carbons (Fsp3) is 0.500. The molecule has 0 atom stereocenters. The highest BCUT2D eigenvalue weighted by Gasteiger charge is 2.16. The van der Waals surface area contributed by atoms with E-state index in [1.807, 2.05) is 6.07 Å². The molecule has 0 fully saturated rings. The summed E-state index contributed by atoms with van der Waals surface area (Å²) >= 11 is 0. The van der Waals surface area contributed by atoms with E-state index in [4.69, 9.17) is 10.00 Å². The second-order valence-corrected chi connectivity index (χ2v) is 3.97. The van der Waals surface area contributed by atoms with Crippen LogP contribution in [0.2, 0.25) is 0 Å². The summed E-state index contributed by atoms with van der Waals surface area (Å²) in [6.45, 7) is -0.722. The molecule has 0 saturated carbocycles. The van der Waals surface area contributed by atoms with Crippen molar-refractivity contribution in [2.75, 3.05) is 6.61 Å². The van der Waals surface area contributed by atoms with Gasteiger partial charge in [0.1, 0.15) is 11.6 Å². The number of ether oxygens (including phenoxy) is 1. The molecular weight excluding hydrogens is 226 g/mol. The molecule has 0 aromatic carbocycles. The first-order valence-electron chi connectivity index (χ1n) is 5.54. The van der Waals surface area contributed by atoms with Gasteiger partial charge >= 0.3 is 0 Å². The van der Waals surface area contributed by atoms with Crippen molar-refractivity contribution in [2.24, 2.45) is 0 Å². The first-order valence-corrected chi connectivity index (χ1v) is 5.54. The lowest BCUT2D eigenvalue weighted by Crippen LogP contribution is -2.12. The van der Waals surface area contributed by atoms with Gasteiger partial charge in [0.05, 0.1) is 0 Å². The molecule has 90 valence electrons. The largest absolute Gasteiger partial charge is 0.471 e. The van der Waals surface area contributed by atoms with E-state index in [1.165, 1.54) is 0 Å². The maximum atomic E-state index is 12.1. The van der Waals surface area contributed by atoms with Crippen LogP contribution in [0, 0.1) is 11.3 Å². The highest BCUT2D eigenvalue weighted by atomic mass is 19.3. The zero-order valence-electron chi connectivity index (χ0n) is 9.25. The minimum atomic E-state index is -2.56. The van der Waals surface area contributed by atoms with Crippen molar-refractivity contribution >= 4 is 0 Å². The number of nitrogens with zero attached hydrogens (tertiary/aromatic N) is 2. The van der Waals surface area contributed by atoms with Gasteiger partial charge in [-0.15, -0.1) is 0 Å². The third-order valence-electron chi connectivity index (χ3n) is 2.73. The van der Waals surface area contributed by atoms with Crippen molar-refractivity contribution in [3.63, 3.8) is 0 Å². The normalized spacial score (nSPS) is 14.2. The lowest BCUT2D eigenvalue weighted by Gasteiger charge is -2.16. The van der Waals surface area contributed by atoms with Crippen molar-refractivity contribution < 1.29 is 13.5 Å². The van der Waals surface area contributed by atoms with Crippen molar-refractivity contribution in [3.8, 4) is 11.9 Å². The quantitative estimate of drug-likeness (QED) is 0.812. The van der Waals surface area contributed by atoms with Crippen LogP contribution in [0.1, 0.15) is 29.7 Å². The third-order valence-corrected chi connectivity index (χ3v) is 2.73. The lowest BCUT2D eigenvalue weighted by molar-refractivity contribution is 0.0793. The van der Waals surface area contributed by atoms with Gasteiger partial charge < -0.3 is 4.74 Å². The van der Waals surface area contributed by atoms with E-state index in [2.05, 4.69) is 4.98 Å². The van der Waals surface area contributed by atoms with E-state index in [0.717, 1.165) is 36.9 Å². The number of rotatable bonds is 3. The average molecular weight is 238 g/mol. The molecule has 1 heterocycles. The Hall–Kier alpha value is -1.70. The minimum absolute atomic E-state index is 0.0356. The number of fused-ring (bicyclic) bond motifs is 1. The van der Waals surface area contributed by atoms with Crippen molar-refractivity contribution in [2.45, 2.75) is 32.1 Å². The zero-order valence-corrected chi connectivity index (χ0v) is 9.25. The van der Waals surface area contributed by atoms with Gasteiger partial charge in [0.25, 0.3) is 6.43 Å². The summed E-state index contributed by atoms with van der Waals surface area (Å²) in [4.78, 5) is 4.18. The number of hydrogen-bond donors (Lipinski definition) is 0. The van der Waals surface area contributed by atoms with E-state index < -0.39 is 13.0 Å². The molecule has 1 aliphatic rings. The lowest BCUT2D eigenvalue weighted by atomic mass is 9.95. The van der Waals surface area contributed by atoms with Crippen molar-refractivity contribution in [1.29, 1.82) is 5.26 Å². The van der Waals surface area contributed by atoms with Crippen LogP contribution in [-0.4, -0.2) is 18.0 Å². The topological polar surface area (TPSA) is 45.9 Å². The number of aromatic nitrogens is 1. The standard InChI is InChI=1S/C12H12F2N2O/c13-11(14)7-17-12-9(6-15)5-8-3-1-2-4-10(8)16-12/h5,11H,1-4,7H2. The first-order chi connectivity index (χ1) is 8.20. The van der Waals surface area contributed by atoms with Crippen molar-refractivity contribution in [3.05, 3.63) is 22.9 Å². The zero-order chi connectivity index (χ0) is 12.3. The molecule has 1 aromatic rings. The number of aryl methyl sites for hydroxylation is 2. The molecule has 0 saturated heterocycles. The number of hydrogen-bond acceptors (Lipinski definition) is 3. The Balaban J connectivity index is 2.27. The highest BCUT2D eigenvalue weighted by Crippen LogP contribution is 2.25. The van der Waals surface area contributed by atoms with E-state index >= 15 is 0 Å². The molecular formula is C12H12F2N2O. The van der Waals surface area contributed by atoms with Crippen LogP contribution in [0.5, 0.6) is 5.88 Å². The summed E-state index contributed by atoms with van der Waals surface area (Å²) in [6.07, 6.45) is 1.29. The van der Waals surface area contributed by atoms with Gasteiger partial charge in [-0.05, 0) is 37.3 Å². The fourth-order valence-corrected chi connectivity index (χ4v) is 1.95. The molecule has 0 radical (unpaired) electrons. The Labute approximate surface area is 98.0 Å². The molecule has 5 heteroatoms. The maximum Gasteiger partial charge on any atom is 0.272 e. The summed E-state index contributed by atoms with van der Waals surface area (Å²) in [5, 5.41) is 8.93. The van der Waals surface area contributed by atoms with Crippen molar-refractivity contribution in [1.82, 2.24) is 4.98 Å². The Morgan fingerprint density at radius 3 is 2.88 bits per heavy atom. The smallest absolute Gasteiger partial charge is 0.272 e. The predicted molar refractivity (Wildman–Crippen MR) is 57.1 cm³/mol. The third kappa shape index (κ3) is 2.70. The molecule has 0 spiro atoms. The molecule has 2 rings (SSSR count). The van der Waals surface area contributed by atoms with Crippen LogP contribution in [0.15, 0.2) is 6.07 Å². The molecule has 1 aliphatic carbocycles. The van der Waals surface area contributed by atoms with Gasteiger partial charge in [-0.25, -0.2) is 13.8 Å². The number of halogens is 2. The number of alkyl halides is 2. The van der Waals surface area contributed by atoms with Gasteiger partial charge in [-0.3, -0.25) is 0 Å². The Kier molecular flexibility index (Phi) is 3.52. The molecule has 0 amide bonds. The van der Waals surface area contributed by atoms with Crippen LogP contribution < -0.4 is 4.74 Å². The molecule has 0 unspecified atom stereocenters. The van der Waals surface area contributed by atoms with Gasteiger partial charge in [-0.2, -0.15) is 5.26 Å². The van der Waals surface area contributed by atoms with Crippen LogP contribution in [0.25, 0.3) is 0 Å². The molecule has 0 bridgehead atoms. The summed E-state index contributed by atoms with van der Waals surface area (Å²) < 4.78 is 29.0. The summed E-state index contributed by atoms with van der Waals surface area (Å²) in [5.74, 6) is 0.0356. The van der Waals surface area contributed by atoms with Gasteiger partial charge in [0.15, 0.2) is 6.61 Å². The highest BCUT2D eigenvalue weighted by molar-refractivity contribution is 5.43. The van der Waals surface area contributed by atoms with Crippen LogP contribution >= 0.6 is 0 Å². The Morgan fingerprint density at radius 1 is 1.41 bits per heavy atom. The molecule has 3 nitrogen and oxygen atoms in total. The van der Waals surface area contributed by atoms with Gasteiger partial charge in [0.2, 0.25) is 5.88 Å². The molecule has 17 heavy (non-hydrogen) atoms. The summed E-state index contributed by atoms with van der Waals surface area (Å²) in [7, 11) is 0. The summed E-state index contributed by atoms with van der Waals surface area (Å²) in [6, 6.07) is 3.65. The number of pyridine rings is 1. The maximum absolute atomic E-state index is 12.1. The molecule has 1 aromatic heterocycles. The van der Waals surface area contributed by atoms with E-state index in [9.17, 15) is 8.78 Å². The summed E-state index contributed by atoms with van der Waals surface area (Å²) in [5.41, 5.74) is 2.16. The van der Waals surface area contributed by atoms with E-state index in [0.29, 0.717) is 0 Å². The average Bonchev–Trinajstić information content (AvgIpc) is 2.35. The van der Waals surface area contributed by atoms with E-state index in [1.54, 1.807) is 6.07 Å². The Morgan fingerprint density at radius 2 is 2.18 bits per heavy atom. The SMILES string of the molecule is N#Cc1cc2c(nc1OCC(F)F)CCCC2. The molecule has 0 aliphatic heterocycles. The van der Waals surface area contributed by atoms with Crippen LogP contribution in [-0.2, 0) is 12.8 Å². The predicted octanol–water partition coefficient (Wildman–Crippen LogP) is 2.48. The second kappa shape index (κ2) is 5.09. The van der Waals surface area contributed by atoms with E-state index in [-0.39, 0.29) is 11.4 Å². The van der Waals surface area contributed by atoms with Crippen LogP contribution in [0.4, 0.5) is 8.78 Å².